The summed E-state index contributed by atoms with van der Waals surface area (Å²) in [6.07, 6.45) is 5.09. The minimum atomic E-state index is -0.389. The summed E-state index contributed by atoms with van der Waals surface area (Å²) in [6, 6.07) is 4.12. The number of nitrogens with zero attached hydrogens (tertiary/aromatic N) is 1. The SMILES string of the molecule is CC1CCC(N(C)Cc2ccc(C(=O)NN)o2)CC1. The Labute approximate surface area is 114 Å². The summed E-state index contributed by atoms with van der Waals surface area (Å²) in [7, 11) is 2.12. The van der Waals surface area contributed by atoms with Gasteiger partial charge in [0.05, 0.1) is 6.54 Å². The van der Waals surface area contributed by atoms with Crippen LogP contribution >= 0.6 is 0 Å². The summed E-state index contributed by atoms with van der Waals surface area (Å²) >= 11 is 0. The smallest absolute Gasteiger partial charge is 0.300 e. The van der Waals surface area contributed by atoms with Gasteiger partial charge in [-0.25, -0.2) is 5.84 Å². The van der Waals surface area contributed by atoms with Crippen molar-refractivity contribution in [3.63, 3.8) is 0 Å². The Bertz CT molecular complexity index is 422. The van der Waals surface area contributed by atoms with Crippen LogP contribution < -0.4 is 11.3 Å². The Morgan fingerprint density at radius 3 is 2.74 bits per heavy atom. The number of furan rings is 1. The number of hydrogen-bond acceptors (Lipinski definition) is 4. The van der Waals surface area contributed by atoms with Crippen LogP contribution in [0.15, 0.2) is 16.5 Å². The second-order valence-electron chi connectivity index (χ2n) is 5.57. The van der Waals surface area contributed by atoms with E-state index in [1.165, 1.54) is 25.7 Å². The minimum absolute atomic E-state index is 0.267. The Kier molecular flexibility index (Phi) is 4.61. The number of carbonyl (C=O) groups is 1. The fourth-order valence-electron chi connectivity index (χ4n) is 2.71. The Balaban J connectivity index is 1.89. The first kappa shape index (κ1) is 14.1. The van der Waals surface area contributed by atoms with Gasteiger partial charge in [-0.2, -0.15) is 0 Å². The van der Waals surface area contributed by atoms with E-state index in [-0.39, 0.29) is 11.7 Å². The van der Waals surface area contributed by atoms with Crippen LogP contribution in [0.3, 0.4) is 0 Å². The van der Waals surface area contributed by atoms with E-state index in [1.807, 2.05) is 6.07 Å². The average molecular weight is 265 g/mol. The van der Waals surface area contributed by atoms with Crippen LogP contribution in [0.2, 0.25) is 0 Å². The molecule has 1 saturated carbocycles. The van der Waals surface area contributed by atoms with Gasteiger partial charge >= 0.3 is 5.91 Å². The lowest BCUT2D eigenvalue weighted by Crippen LogP contribution is -2.34. The van der Waals surface area contributed by atoms with Crippen LogP contribution in [0.5, 0.6) is 0 Å². The number of carbonyl (C=O) groups excluding carboxylic acids is 1. The molecule has 0 atom stereocenters. The van der Waals surface area contributed by atoms with Crippen LogP contribution in [-0.4, -0.2) is 23.9 Å². The maximum absolute atomic E-state index is 11.3. The lowest BCUT2D eigenvalue weighted by Gasteiger charge is -2.33. The highest BCUT2D eigenvalue weighted by Gasteiger charge is 2.22. The van der Waals surface area contributed by atoms with Gasteiger partial charge in [0, 0.05) is 6.04 Å². The van der Waals surface area contributed by atoms with Crippen LogP contribution in [-0.2, 0) is 6.54 Å². The van der Waals surface area contributed by atoms with Crippen molar-refractivity contribution in [2.75, 3.05) is 7.05 Å². The molecule has 1 aromatic heterocycles. The van der Waals surface area contributed by atoms with Crippen LogP contribution in [0.25, 0.3) is 0 Å². The molecule has 0 aliphatic heterocycles. The molecular weight excluding hydrogens is 242 g/mol. The van der Waals surface area contributed by atoms with Crippen molar-refractivity contribution in [1.82, 2.24) is 10.3 Å². The largest absolute Gasteiger partial charge is 0.455 e. The van der Waals surface area contributed by atoms with Gasteiger partial charge in [0.25, 0.3) is 0 Å². The van der Waals surface area contributed by atoms with E-state index >= 15 is 0 Å². The summed E-state index contributed by atoms with van der Waals surface area (Å²) in [6.45, 7) is 3.05. The third kappa shape index (κ3) is 3.58. The number of nitrogens with two attached hydrogens (primary N) is 1. The van der Waals surface area contributed by atoms with Crippen molar-refractivity contribution in [1.29, 1.82) is 0 Å². The Morgan fingerprint density at radius 1 is 1.42 bits per heavy atom. The quantitative estimate of drug-likeness (QED) is 0.495. The van der Waals surface area contributed by atoms with Gasteiger partial charge in [-0.15, -0.1) is 0 Å². The highest BCUT2D eigenvalue weighted by atomic mass is 16.4. The van der Waals surface area contributed by atoms with Crippen LogP contribution in [0.4, 0.5) is 0 Å². The first-order valence-corrected chi connectivity index (χ1v) is 6.90. The molecule has 0 saturated heterocycles. The lowest BCUT2D eigenvalue weighted by molar-refractivity contribution is 0.0919. The predicted molar refractivity (Wildman–Crippen MR) is 73.2 cm³/mol. The summed E-state index contributed by atoms with van der Waals surface area (Å²) in [5, 5.41) is 0. The highest BCUT2D eigenvalue weighted by Crippen LogP contribution is 2.27. The number of nitrogen functional groups attached to an aromatic ring is 1. The van der Waals surface area contributed by atoms with Gasteiger partial charge in [-0.05, 0) is 50.8 Å². The normalized spacial score (nSPS) is 23.6. The molecule has 0 bridgehead atoms. The zero-order valence-corrected chi connectivity index (χ0v) is 11.7. The Hall–Kier alpha value is -1.33. The summed E-state index contributed by atoms with van der Waals surface area (Å²) in [5.74, 6) is 6.61. The second-order valence-corrected chi connectivity index (χ2v) is 5.57. The predicted octanol–water partition coefficient (Wildman–Crippen LogP) is 1.89. The molecule has 1 aromatic rings. The fraction of sp³-hybridized carbons (Fsp3) is 0.643. The molecule has 19 heavy (non-hydrogen) atoms. The average Bonchev–Trinajstić information content (AvgIpc) is 2.87. The zero-order chi connectivity index (χ0) is 13.8. The van der Waals surface area contributed by atoms with Crippen molar-refractivity contribution < 1.29 is 9.21 Å². The van der Waals surface area contributed by atoms with E-state index in [2.05, 4.69) is 24.3 Å². The van der Waals surface area contributed by atoms with Gasteiger partial charge in [0.2, 0.25) is 0 Å². The number of amides is 1. The molecule has 106 valence electrons. The van der Waals surface area contributed by atoms with Crippen molar-refractivity contribution in [2.45, 2.75) is 45.2 Å². The molecule has 0 unspecified atom stereocenters. The molecule has 0 aromatic carbocycles. The molecule has 1 heterocycles. The van der Waals surface area contributed by atoms with E-state index < -0.39 is 0 Å². The molecule has 2 rings (SSSR count). The van der Waals surface area contributed by atoms with Gasteiger partial charge in [-0.3, -0.25) is 15.1 Å². The zero-order valence-electron chi connectivity index (χ0n) is 11.7. The van der Waals surface area contributed by atoms with Crippen molar-refractivity contribution >= 4 is 5.91 Å². The standard InChI is InChI=1S/C14H23N3O2/c1-10-3-5-11(6-4-10)17(2)9-12-7-8-13(19-12)14(18)16-15/h7-8,10-11H,3-6,9,15H2,1-2H3,(H,16,18). The molecule has 3 N–H and O–H groups in total. The van der Waals surface area contributed by atoms with Crippen molar-refractivity contribution in [2.24, 2.45) is 11.8 Å². The minimum Gasteiger partial charge on any atom is -0.455 e. The molecule has 1 aliphatic rings. The van der Waals surface area contributed by atoms with E-state index in [0.29, 0.717) is 6.04 Å². The number of nitrogens with one attached hydrogen (secondary N) is 1. The molecule has 1 amide bonds. The summed E-state index contributed by atoms with van der Waals surface area (Å²) in [4.78, 5) is 13.6. The molecule has 1 fully saturated rings. The van der Waals surface area contributed by atoms with Crippen molar-refractivity contribution in [3.05, 3.63) is 23.7 Å². The van der Waals surface area contributed by atoms with Gasteiger partial charge in [0.1, 0.15) is 5.76 Å². The summed E-state index contributed by atoms with van der Waals surface area (Å²) < 4.78 is 5.49. The second kappa shape index (κ2) is 6.21. The van der Waals surface area contributed by atoms with E-state index in [0.717, 1.165) is 18.2 Å². The third-order valence-electron chi connectivity index (χ3n) is 4.03. The van der Waals surface area contributed by atoms with Gasteiger partial charge in [-0.1, -0.05) is 6.92 Å². The number of hydrogen-bond donors (Lipinski definition) is 2. The molecule has 1 aliphatic carbocycles. The highest BCUT2D eigenvalue weighted by molar-refractivity contribution is 5.90. The van der Waals surface area contributed by atoms with Crippen LogP contribution in [0.1, 0.15) is 48.9 Å². The van der Waals surface area contributed by atoms with Gasteiger partial charge in [0.15, 0.2) is 5.76 Å². The topological polar surface area (TPSA) is 71.5 Å². The maximum Gasteiger partial charge on any atom is 0.300 e. The van der Waals surface area contributed by atoms with Crippen LogP contribution in [0, 0.1) is 5.92 Å². The number of rotatable bonds is 4. The molecule has 5 nitrogen and oxygen atoms in total. The summed E-state index contributed by atoms with van der Waals surface area (Å²) in [5.41, 5.74) is 2.07. The van der Waals surface area contributed by atoms with E-state index in [9.17, 15) is 4.79 Å². The van der Waals surface area contributed by atoms with Crippen molar-refractivity contribution in [3.8, 4) is 0 Å². The first-order valence-electron chi connectivity index (χ1n) is 6.90. The fourth-order valence-corrected chi connectivity index (χ4v) is 2.71. The molecule has 5 heteroatoms. The number of hydrazine groups is 1. The van der Waals surface area contributed by atoms with E-state index in [4.69, 9.17) is 10.3 Å². The monoisotopic (exact) mass is 265 g/mol. The third-order valence-corrected chi connectivity index (χ3v) is 4.03. The molecular formula is C14H23N3O2. The molecule has 0 radical (unpaired) electrons. The first-order chi connectivity index (χ1) is 9.10. The van der Waals surface area contributed by atoms with E-state index in [1.54, 1.807) is 6.07 Å². The lowest BCUT2D eigenvalue weighted by atomic mass is 9.87. The maximum atomic E-state index is 11.3. The Morgan fingerprint density at radius 2 is 2.11 bits per heavy atom. The van der Waals surface area contributed by atoms with Gasteiger partial charge < -0.3 is 4.42 Å². The molecule has 0 spiro atoms.